The lowest BCUT2D eigenvalue weighted by atomic mass is 9.88. The number of carbonyl (C=O) groups excluding carboxylic acids is 1. The first-order valence-corrected chi connectivity index (χ1v) is 6.99. The topological polar surface area (TPSA) is 179 Å². The molecule has 22 heavy (non-hydrogen) atoms. The van der Waals surface area contributed by atoms with Crippen molar-refractivity contribution in [2.45, 2.75) is 37.8 Å². The Morgan fingerprint density at radius 3 is 1.55 bits per heavy atom. The average molecular weight is 346 g/mol. The summed E-state index contributed by atoms with van der Waals surface area (Å²) >= 11 is 3.22. The first-order chi connectivity index (χ1) is 10.2. The van der Waals surface area contributed by atoms with Crippen molar-refractivity contribution in [2.75, 3.05) is 26.4 Å². The third-order valence-corrected chi connectivity index (χ3v) is 3.53. The van der Waals surface area contributed by atoms with Crippen LogP contribution in [0.4, 0.5) is 0 Å². The van der Waals surface area contributed by atoms with Crippen molar-refractivity contribution in [3.8, 4) is 0 Å². The fourth-order valence-electron chi connectivity index (χ4n) is 1.15. The van der Waals surface area contributed by atoms with Gasteiger partial charge in [-0.05, 0) is 6.42 Å². The number of carbonyl (C=O) groups is 1. The Morgan fingerprint density at radius 2 is 1.36 bits per heavy atom. The van der Waals surface area contributed by atoms with E-state index in [2.05, 4.69) is 12.6 Å². The molecular weight excluding hydrogens is 320 g/mol. The van der Waals surface area contributed by atoms with Gasteiger partial charge in [0.2, 0.25) is 5.12 Å². The van der Waals surface area contributed by atoms with Crippen molar-refractivity contribution in [3.05, 3.63) is 0 Å². The molecule has 9 nitrogen and oxygen atoms in total. The Morgan fingerprint density at radius 1 is 0.955 bits per heavy atom. The summed E-state index contributed by atoms with van der Waals surface area (Å²) in [6.45, 7) is 0.567. The molecular formula is C12H26O9S. The van der Waals surface area contributed by atoms with E-state index in [0.717, 1.165) is 0 Å². The van der Waals surface area contributed by atoms with Crippen molar-refractivity contribution in [1.82, 2.24) is 0 Å². The molecule has 8 N–H and O–H groups in total. The molecule has 0 heterocycles. The van der Waals surface area contributed by atoms with Gasteiger partial charge in [0.1, 0.15) is 18.3 Å². The van der Waals surface area contributed by atoms with Crippen LogP contribution in [-0.4, -0.2) is 96.8 Å². The summed E-state index contributed by atoms with van der Waals surface area (Å²) in [5, 5.41) is 69.0. The lowest BCUT2D eigenvalue weighted by Gasteiger charge is -2.24. The smallest absolute Gasteiger partial charge is 0.217 e. The van der Waals surface area contributed by atoms with E-state index in [0.29, 0.717) is 6.42 Å². The molecule has 0 amide bonds. The fourth-order valence-corrected chi connectivity index (χ4v) is 1.31. The van der Waals surface area contributed by atoms with Crippen LogP contribution in [0.15, 0.2) is 0 Å². The van der Waals surface area contributed by atoms with Crippen LogP contribution in [0.25, 0.3) is 0 Å². The molecule has 0 aliphatic heterocycles. The molecule has 134 valence electrons. The quantitative estimate of drug-likeness (QED) is 0.189. The van der Waals surface area contributed by atoms with Crippen molar-refractivity contribution in [3.63, 3.8) is 0 Å². The van der Waals surface area contributed by atoms with Gasteiger partial charge in [0.05, 0.1) is 26.4 Å². The second-order valence-electron chi connectivity index (χ2n) is 4.84. The van der Waals surface area contributed by atoms with Gasteiger partial charge in [0, 0.05) is 5.41 Å². The second-order valence-corrected chi connectivity index (χ2v) is 5.28. The first-order valence-electron chi connectivity index (χ1n) is 6.54. The lowest BCUT2D eigenvalue weighted by molar-refractivity contribution is -0.139. The maximum atomic E-state index is 10.4. The van der Waals surface area contributed by atoms with Crippen molar-refractivity contribution >= 4 is 17.7 Å². The standard InChI is InChI=1S/C6H12O6S.C6H14O3/c7-1-2(8)3(9)4(10)5(11)6(12)13;1-2-6(3-7,4-8)5-9/h2-5,7-11H,1H2,(H,12,13);7-9H,2-5H2,1H3/t2-,3-,4+,5-;/m1./s1. The van der Waals surface area contributed by atoms with E-state index < -0.39 is 41.6 Å². The Kier molecular flexibility index (Phi) is 13.2. The lowest BCUT2D eigenvalue weighted by Crippen LogP contribution is -2.47. The van der Waals surface area contributed by atoms with Gasteiger partial charge >= 0.3 is 0 Å². The minimum Gasteiger partial charge on any atom is -0.396 e. The summed E-state index contributed by atoms with van der Waals surface area (Å²) < 4.78 is 0. The van der Waals surface area contributed by atoms with Gasteiger partial charge in [0.15, 0.2) is 6.10 Å². The molecule has 0 aromatic rings. The zero-order valence-electron chi connectivity index (χ0n) is 12.3. The van der Waals surface area contributed by atoms with Gasteiger partial charge in [-0.15, -0.1) is 12.6 Å². The number of rotatable bonds is 9. The number of aliphatic hydroxyl groups is 8. The summed E-state index contributed by atoms with van der Waals surface area (Å²) in [7, 11) is 0. The molecule has 4 atom stereocenters. The number of thiol groups is 1. The molecule has 0 bridgehead atoms. The van der Waals surface area contributed by atoms with Crippen molar-refractivity contribution < 1.29 is 45.6 Å². The van der Waals surface area contributed by atoms with Gasteiger partial charge in [-0.2, -0.15) is 0 Å². The highest BCUT2D eigenvalue weighted by Crippen LogP contribution is 2.18. The number of aliphatic hydroxyl groups excluding tert-OH is 8. The van der Waals surface area contributed by atoms with E-state index in [1.54, 1.807) is 0 Å². The van der Waals surface area contributed by atoms with Gasteiger partial charge in [-0.25, -0.2) is 0 Å². The highest BCUT2D eigenvalue weighted by atomic mass is 32.1. The minimum absolute atomic E-state index is 0.156. The minimum atomic E-state index is -1.89. The summed E-state index contributed by atoms with van der Waals surface area (Å²) in [6.07, 6.45) is -6.57. The Bertz CT molecular complexity index is 281. The average Bonchev–Trinajstić information content (AvgIpc) is 2.55. The van der Waals surface area contributed by atoms with Gasteiger partial charge in [0.25, 0.3) is 0 Å². The Labute approximate surface area is 133 Å². The summed E-state index contributed by atoms with van der Waals surface area (Å²) in [4.78, 5) is 10.4. The highest BCUT2D eigenvalue weighted by Gasteiger charge is 2.32. The van der Waals surface area contributed by atoms with Crippen LogP contribution in [0.3, 0.4) is 0 Å². The maximum absolute atomic E-state index is 10.4. The zero-order chi connectivity index (χ0) is 17.9. The zero-order valence-corrected chi connectivity index (χ0v) is 13.2. The molecule has 0 aromatic carbocycles. The van der Waals surface area contributed by atoms with E-state index in [1.807, 2.05) is 6.92 Å². The Hall–Kier alpha value is -0.300. The Balaban J connectivity index is 0. The van der Waals surface area contributed by atoms with Crippen LogP contribution in [-0.2, 0) is 4.79 Å². The van der Waals surface area contributed by atoms with Crippen LogP contribution in [0, 0.1) is 5.41 Å². The molecule has 10 heteroatoms. The second kappa shape index (κ2) is 12.2. The summed E-state index contributed by atoms with van der Waals surface area (Å²) in [6, 6.07) is 0. The van der Waals surface area contributed by atoms with Gasteiger partial charge < -0.3 is 40.9 Å². The van der Waals surface area contributed by atoms with Crippen LogP contribution < -0.4 is 0 Å². The molecule has 0 aliphatic carbocycles. The molecule has 0 spiro atoms. The molecule has 0 rings (SSSR count). The van der Waals surface area contributed by atoms with E-state index in [-0.39, 0.29) is 19.8 Å². The third kappa shape index (κ3) is 7.81. The number of hydrogen-bond acceptors (Lipinski definition) is 9. The fraction of sp³-hybridized carbons (Fsp3) is 0.917. The van der Waals surface area contributed by atoms with Crippen LogP contribution >= 0.6 is 12.6 Å². The molecule has 0 radical (unpaired) electrons. The van der Waals surface area contributed by atoms with Crippen LogP contribution in [0.2, 0.25) is 0 Å². The maximum Gasteiger partial charge on any atom is 0.217 e. The van der Waals surface area contributed by atoms with Crippen molar-refractivity contribution in [2.24, 2.45) is 5.41 Å². The van der Waals surface area contributed by atoms with E-state index in [9.17, 15) is 4.79 Å². The van der Waals surface area contributed by atoms with E-state index >= 15 is 0 Å². The predicted octanol–water partition coefficient (Wildman–Crippen LogP) is -3.76. The van der Waals surface area contributed by atoms with Gasteiger partial charge in [-0.3, -0.25) is 4.79 Å². The van der Waals surface area contributed by atoms with Crippen LogP contribution in [0.5, 0.6) is 0 Å². The van der Waals surface area contributed by atoms with Crippen LogP contribution in [0.1, 0.15) is 13.3 Å². The first kappa shape index (κ1) is 24.0. The highest BCUT2D eigenvalue weighted by molar-refractivity contribution is 7.96. The molecule has 0 unspecified atom stereocenters. The SMILES string of the molecule is CCC(CO)(CO)CO.O=C(S)[C@H](O)[C@@H](O)[C@H](O)[C@H](O)CO. The molecule has 0 fully saturated rings. The third-order valence-electron chi connectivity index (χ3n) is 3.26. The van der Waals surface area contributed by atoms with E-state index in [1.165, 1.54) is 0 Å². The monoisotopic (exact) mass is 346 g/mol. The molecule has 0 aromatic heterocycles. The van der Waals surface area contributed by atoms with E-state index in [4.69, 9.17) is 40.9 Å². The van der Waals surface area contributed by atoms with Crippen molar-refractivity contribution in [1.29, 1.82) is 0 Å². The molecule has 0 aliphatic rings. The van der Waals surface area contributed by atoms with Gasteiger partial charge in [-0.1, -0.05) is 6.92 Å². The largest absolute Gasteiger partial charge is 0.396 e. The predicted molar refractivity (Wildman–Crippen MR) is 79.1 cm³/mol. The molecule has 0 saturated carbocycles. The number of hydrogen-bond donors (Lipinski definition) is 9. The summed E-state index contributed by atoms with van der Waals surface area (Å²) in [5.41, 5.74) is -0.667. The summed E-state index contributed by atoms with van der Waals surface area (Å²) in [5.74, 6) is 0. The molecule has 0 saturated heterocycles. The normalized spacial score (nSPS) is 17.0.